The summed E-state index contributed by atoms with van der Waals surface area (Å²) in [5.74, 6) is -0.512. The largest absolute Gasteiger partial charge is 0.462 e. The van der Waals surface area contributed by atoms with Crippen molar-refractivity contribution in [2.45, 2.75) is 19.1 Å². The van der Waals surface area contributed by atoms with Gasteiger partial charge in [0.1, 0.15) is 5.65 Å². The van der Waals surface area contributed by atoms with Gasteiger partial charge in [-0.25, -0.2) is 14.5 Å². The van der Waals surface area contributed by atoms with Gasteiger partial charge < -0.3 is 18.6 Å². The molecule has 4 rings (SSSR count). The number of imidazole rings is 1. The lowest BCUT2D eigenvalue weighted by molar-refractivity contribution is -0.171. The van der Waals surface area contributed by atoms with E-state index in [0.717, 1.165) is 5.56 Å². The van der Waals surface area contributed by atoms with Crippen LogP contribution in [-0.2, 0) is 26.4 Å². The number of rotatable bonds is 6. The van der Waals surface area contributed by atoms with Gasteiger partial charge in [-0.05, 0) is 31.5 Å². The lowest BCUT2D eigenvalue weighted by Crippen LogP contribution is -2.50. The summed E-state index contributed by atoms with van der Waals surface area (Å²) in [4.78, 5) is 16.5. The number of carbonyl (C=O) groups is 1. The Bertz CT molecular complexity index is 1110. The Kier molecular flexibility index (Phi) is 5.96. The summed E-state index contributed by atoms with van der Waals surface area (Å²) >= 11 is 13.0. The molecule has 12 heteroatoms. The van der Waals surface area contributed by atoms with E-state index in [1.165, 1.54) is 22.6 Å². The maximum Gasteiger partial charge on any atom is 0.360 e. The molecule has 1 aliphatic rings. The van der Waals surface area contributed by atoms with E-state index in [9.17, 15) is 4.79 Å². The number of halogens is 1. The van der Waals surface area contributed by atoms with Crippen LogP contribution in [0.1, 0.15) is 28.7 Å². The van der Waals surface area contributed by atoms with Gasteiger partial charge in [-0.2, -0.15) is 0 Å². The molecule has 0 bridgehead atoms. The van der Waals surface area contributed by atoms with Gasteiger partial charge in [0.05, 0.1) is 43.3 Å². The van der Waals surface area contributed by atoms with Crippen LogP contribution in [0.2, 0.25) is 5.02 Å². The SMILES string of the molecule is CCOC(=O)c1cn(Cc2cn3cc(Cl)cc(C4(OC(=S)SC)COC4)c3n2)nn1. The molecule has 3 aromatic rings. The Morgan fingerprint density at radius 3 is 2.87 bits per heavy atom. The van der Waals surface area contributed by atoms with Crippen LogP contribution in [0, 0.1) is 0 Å². The zero-order valence-corrected chi connectivity index (χ0v) is 18.6. The molecular weight excluding hydrogens is 450 g/mol. The molecule has 1 aliphatic heterocycles. The van der Waals surface area contributed by atoms with Crippen molar-refractivity contribution in [1.82, 2.24) is 24.4 Å². The van der Waals surface area contributed by atoms with Crippen molar-refractivity contribution in [2.24, 2.45) is 0 Å². The van der Waals surface area contributed by atoms with Gasteiger partial charge in [0.15, 0.2) is 11.3 Å². The molecular formula is C18H18ClN5O4S2. The van der Waals surface area contributed by atoms with Crippen LogP contribution in [0.15, 0.2) is 24.7 Å². The summed E-state index contributed by atoms with van der Waals surface area (Å²) in [7, 11) is 0. The van der Waals surface area contributed by atoms with Crippen LogP contribution in [0.5, 0.6) is 0 Å². The second-order valence-electron chi connectivity index (χ2n) is 6.60. The number of pyridine rings is 1. The van der Waals surface area contributed by atoms with E-state index >= 15 is 0 Å². The third-order valence-corrected chi connectivity index (χ3v) is 5.73. The molecule has 0 aromatic carbocycles. The molecule has 1 saturated heterocycles. The first-order valence-corrected chi connectivity index (χ1v) is 11.0. The summed E-state index contributed by atoms with van der Waals surface area (Å²) in [5, 5.41) is 8.37. The standard InChI is InChI=1S/C18H18ClN5O4S2/c1-3-27-16(25)14-8-24(22-21-14)7-12-6-23-5-11(19)4-13(15(23)20-12)18(9-26-10-18)28-17(29)30-2/h4-6,8H,3,7,9-10H2,1-2H3. The number of thiocarbonyl (C=S) groups is 1. The Morgan fingerprint density at radius 1 is 1.40 bits per heavy atom. The molecule has 1 fully saturated rings. The Hall–Kier alpha value is -2.21. The summed E-state index contributed by atoms with van der Waals surface area (Å²) in [6.45, 7) is 3.04. The highest BCUT2D eigenvalue weighted by Gasteiger charge is 2.46. The molecule has 0 N–H and O–H groups in total. The number of ether oxygens (including phenoxy) is 3. The zero-order chi connectivity index (χ0) is 21.3. The van der Waals surface area contributed by atoms with E-state index in [1.54, 1.807) is 13.1 Å². The average Bonchev–Trinajstić information content (AvgIpc) is 3.31. The quantitative estimate of drug-likeness (QED) is 0.400. The van der Waals surface area contributed by atoms with Gasteiger partial charge in [-0.1, -0.05) is 28.6 Å². The normalized spacial score (nSPS) is 15.0. The van der Waals surface area contributed by atoms with Crippen molar-refractivity contribution in [3.8, 4) is 0 Å². The van der Waals surface area contributed by atoms with E-state index in [1.807, 2.05) is 22.9 Å². The number of fused-ring (bicyclic) bond motifs is 1. The Labute approximate surface area is 186 Å². The second-order valence-corrected chi connectivity index (χ2v) is 8.44. The molecule has 3 aromatic heterocycles. The molecule has 0 radical (unpaired) electrons. The number of thioether (sulfide) groups is 1. The van der Waals surface area contributed by atoms with Crippen molar-refractivity contribution in [2.75, 3.05) is 26.1 Å². The van der Waals surface area contributed by atoms with Gasteiger partial charge in [-0.3, -0.25) is 0 Å². The Balaban J connectivity index is 1.66. The highest BCUT2D eigenvalue weighted by atomic mass is 35.5. The summed E-state index contributed by atoms with van der Waals surface area (Å²) in [6.07, 6.45) is 7.00. The van der Waals surface area contributed by atoms with Crippen LogP contribution >= 0.6 is 35.6 Å². The number of hydrogen-bond donors (Lipinski definition) is 0. The first kappa shape index (κ1) is 21.0. The molecule has 158 valence electrons. The van der Waals surface area contributed by atoms with Crippen molar-refractivity contribution < 1.29 is 19.0 Å². The lowest BCUT2D eigenvalue weighted by atomic mass is 9.92. The molecule has 0 unspecified atom stereocenters. The van der Waals surface area contributed by atoms with Gasteiger partial charge >= 0.3 is 5.97 Å². The summed E-state index contributed by atoms with van der Waals surface area (Å²) in [5.41, 5.74) is 1.62. The number of esters is 1. The highest BCUT2D eigenvalue weighted by Crippen LogP contribution is 2.38. The van der Waals surface area contributed by atoms with Crippen molar-refractivity contribution in [1.29, 1.82) is 0 Å². The number of nitrogens with zero attached hydrogens (tertiary/aromatic N) is 5. The van der Waals surface area contributed by atoms with Gasteiger partial charge in [0.25, 0.3) is 0 Å². The van der Waals surface area contributed by atoms with Crippen LogP contribution in [0.25, 0.3) is 5.65 Å². The van der Waals surface area contributed by atoms with Gasteiger partial charge in [0, 0.05) is 18.0 Å². The van der Waals surface area contributed by atoms with Gasteiger partial charge in [0.2, 0.25) is 4.38 Å². The highest BCUT2D eigenvalue weighted by molar-refractivity contribution is 8.22. The minimum atomic E-state index is -0.723. The van der Waals surface area contributed by atoms with Gasteiger partial charge in [-0.15, -0.1) is 5.10 Å². The molecule has 30 heavy (non-hydrogen) atoms. The van der Waals surface area contributed by atoms with Crippen LogP contribution in [0.4, 0.5) is 0 Å². The molecule has 9 nitrogen and oxygen atoms in total. The van der Waals surface area contributed by atoms with E-state index in [0.29, 0.717) is 40.5 Å². The maximum atomic E-state index is 11.8. The molecule has 0 amide bonds. The van der Waals surface area contributed by atoms with E-state index in [4.69, 9.17) is 43.0 Å². The maximum absolute atomic E-state index is 11.8. The molecule has 0 aliphatic carbocycles. The minimum absolute atomic E-state index is 0.147. The Morgan fingerprint density at radius 2 is 2.20 bits per heavy atom. The molecule has 0 spiro atoms. The van der Waals surface area contributed by atoms with Crippen LogP contribution < -0.4 is 0 Å². The van der Waals surface area contributed by atoms with E-state index in [2.05, 4.69) is 10.3 Å². The third kappa shape index (κ3) is 4.02. The van der Waals surface area contributed by atoms with Crippen LogP contribution in [-0.4, -0.2) is 60.8 Å². The van der Waals surface area contributed by atoms with Crippen LogP contribution in [0.3, 0.4) is 0 Å². The fourth-order valence-corrected chi connectivity index (χ4v) is 3.74. The topological polar surface area (TPSA) is 92.8 Å². The predicted octanol–water partition coefficient (Wildman–Crippen LogP) is 2.69. The first-order valence-electron chi connectivity index (χ1n) is 9.03. The van der Waals surface area contributed by atoms with Crippen molar-refractivity contribution in [3.05, 3.63) is 46.6 Å². The fraction of sp³-hybridized carbons (Fsp3) is 0.389. The monoisotopic (exact) mass is 467 g/mol. The van der Waals surface area contributed by atoms with E-state index in [-0.39, 0.29) is 12.3 Å². The number of carbonyl (C=O) groups excluding carboxylic acids is 1. The molecule has 0 saturated carbocycles. The molecule has 4 heterocycles. The average molecular weight is 468 g/mol. The second kappa shape index (κ2) is 8.50. The number of hydrogen-bond acceptors (Lipinski definition) is 9. The number of aromatic nitrogens is 5. The predicted molar refractivity (Wildman–Crippen MR) is 115 cm³/mol. The van der Waals surface area contributed by atoms with Crippen molar-refractivity contribution in [3.63, 3.8) is 0 Å². The lowest BCUT2D eigenvalue weighted by Gasteiger charge is -2.41. The minimum Gasteiger partial charge on any atom is -0.462 e. The smallest absolute Gasteiger partial charge is 0.360 e. The molecule has 0 atom stereocenters. The first-order chi connectivity index (χ1) is 14.4. The van der Waals surface area contributed by atoms with E-state index < -0.39 is 11.6 Å². The summed E-state index contributed by atoms with van der Waals surface area (Å²) in [6, 6.07) is 1.83. The van der Waals surface area contributed by atoms with Crippen molar-refractivity contribution >= 4 is 51.6 Å². The summed E-state index contributed by atoms with van der Waals surface area (Å²) < 4.78 is 20.2. The fourth-order valence-electron chi connectivity index (χ4n) is 3.12. The zero-order valence-electron chi connectivity index (χ0n) is 16.2. The third-order valence-electron chi connectivity index (χ3n) is 4.52.